The van der Waals surface area contributed by atoms with Crippen molar-refractivity contribution >= 4 is 41.3 Å². The van der Waals surface area contributed by atoms with Crippen LogP contribution in [0.25, 0.3) is 0 Å². The molecule has 1 rings (SSSR count). The number of ether oxygens (including phenoxy) is 1. The number of thioether (sulfide) groups is 1. The lowest BCUT2D eigenvalue weighted by Gasteiger charge is -2.19. The van der Waals surface area contributed by atoms with Crippen molar-refractivity contribution in [1.82, 2.24) is 20.6 Å². The van der Waals surface area contributed by atoms with Crippen LogP contribution in [0.1, 0.15) is 33.6 Å². The molecule has 0 unspecified atom stereocenters. The van der Waals surface area contributed by atoms with Gasteiger partial charge in [-0.1, -0.05) is 11.6 Å². The van der Waals surface area contributed by atoms with Gasteiger partial charge in [0.25, 0.3) is 0 Å². The van der Waals surface area contributed by atoms with Crippen LogP contribution >= 0.6 is 23.4 Å². The lowest BCUT2D eigenvalue weighted by Crippen LogP contribution is -2.34. The Balaban J connectivity index is 2.10. The second kappa shape index (κ2) is 10.3. The standard InChI is InChI=1S/C15H24ClN5O3S/c1-15(2,3)24-14(23)19-7-4-6-18-11(22)5-8-25-12-9-10(16)20-13(17)21-12/h9H,4-8H2,1-3H3,(H,18,22)(H,19,23)(H2,17,20,21). The van der Waals surface area contributed by atoms with Crippen molar-refractivity contribution in [2.75, 3.05) is 24.6 Å². The number of nitrogens with zero attached hydrogens (tertiary/aromatic N) is 2. The fourth-order valence-corrected chi connectivity index (χ4v) is 2.75. The number of alkyl carbamates (subject to hydrolysis) is 1. The number of amides is 2. The Labute approximate surface area is 156 Å². The van der Waals surface area contributed by atoms with Crippen molar-refractivity contribution in [1.29, 1.82) is 0 Å². The van der Waals surface area contributed by atoms with E-state index in [0.717, 1.165) is 0 Å². The van der Waals surface area contributed by atoms with Crippen molar-refractivity contribution in [3.05, 3.63) is 11.2 Å². The number of hydrogen-bond acceptors (Lipinski definition) is 7. The number of hydrogen-bond donors (Lipinski definition) is 3. The first kappa shape index (κ1) is 21.3. The molecular weight excluding hydrogens is 366 g/mol. The van der Waals surface area contributed by atoms with E-state index in [9.17, 15) is 9.59 Å². The summed E-state index contributed by atoms with van der Waals surface area (Å²) < 4.78 is 5.11. The van der Waals surface area contributed by atoms with Gasteiger partial charge in [-0.2, -0.15) is 0 Å². The summed E-state index contributed by atoms with van der Waals surface area (Å²) in [5.41, 5.74) is 4.98. The van der Waals surface area contributed by atoms with Crippen molar-refractivity contribution in [2.45, 2.75) is 44.2 Å². The zero-order valence-corrected chi connectivity index (χ0v) is 16.2. The van der Waals surface area contributed by atoms with Crippen LogP contribution in [0, 0.1) is 0 Å². The van der Waals surface area contributed by atoms with E-state index < -0.39 is 11.7 Å². The molecule has 1 aromatic heterocycles. The number of carbonyl (C=O) groups excluding carboxylic acids is 2. The van der Waals surface area contributed by atoms with E-state index in [4.69, 9.17) is 22.1 Å². The smallest absolute Gasteiger partial charge is 0.407 e. The molecule has 1 heterocycles. The van der Waals surface area contributed by atoms with Crippen molar-refractivity contribution in [2.24, 2.45) is 0 Å². The number of anilines is 1. The zero-order chi connectivity index (χ0) is 18.9. The maximum absolute atomic E-state index is 11.7. The molecule has 8 nitrogen and oxygen atoms in total. The molecule has 0 atom stereocenters. The number of halogens is 1. The maximum Gasteiger partial charge on any atom is 0.407 e. The van der Waals surface area contributed by atoms with Gasteiger partial charge in [-0.25, -0.2) is 14.8 Å². The predicted octanol–water partition coefficient (Wildman–Crippen LogP) is 2.23. The molecule has 0 saturated carbocycles. The molecule has 0 fully saturated rings. The van der Waals surface area contributed by atoms with Crippen LogP contribution < -0.4 is 16.4 Å². The minimum atomic E-state index is -0.519. The van der Waals surface area contributed by atoms with Gasteiger partial charge in [0.1, 0.15) is 15.8 Å². The first-order valence-corrected chi connectivity index (χ1v) is 9.18. The van der Waals surface area contributed by atoms with Gasteiger partial charge in [0, 0.05) is 31.3 Å². The summed E-state index contributed by atoms with van der Waals surface area (Å²) in [5, 5.41) is 6.33. The summed E-state index contributed by atoms with van der Waals surface area (Å²) >= 11 is 7.16. The van der Waals surface area contributed by atoms with Crippen molar-refractivity contribution in [3.8, 4) is 0 Å². The second-order valence-electron chi connectivity index (χ2n) is 6.12. The van der Waals surface area contributed by atoms with E-state index in [0.29, 0.717) is 36.7 Å². The number of nitrogens with one attached hydrogen (secondary N) is 2. The summed E-state index contributed by atoms with van der Waals surface area (Å²) in [4.78, 5) is 30.9. The highest BCUT2D eigenvalue weighted by Gasteiger charge is 2.15. The molecule has 0 aliphatic rings. The number of nitrogen functional groups attached to an aromatic ring is 1. The third-order valence-electron chi connectivity index (χ3n) is 2.61. The molecule has 0 aliphatic heterocycles. The number of carbonyl (C=O) groups is 2. The highest BCUT2D eigenvalue weighted by atomic mass is 35.5. The molecule has 2 amide bonds. The molecule has 140 valence electrons. The molecule has 1 aromatic rings. The Kier molecular flexibility index (Phi) is 8.77. The van der Waals surface area contributed by atoms with E-state index in [1.165, 1.54) is 11.8 Å². The van der Waals surface area contributed by atoms with Crippen LogP contribution in [0.4, 0.5) is 10.7 Å². The average Bonchev–Trinajstić information content (AvgIpc) is 2.44. The molecule has 0 aromatic carbocycles. The molecule has 0 radical (unpaired) electrons. The quantitative estimate of drug-likeness (QED) is 0.354. The van der Waals surface area contributed by atoms with Gasteiger partial charge in [-0.15, -0.1) is 11.8 Å². The topological polar surface area (TPSA) is 119 Å². The van der Waals surface area contributed by atoms with Gasteiger partial charge in [0.05, 0.1) is 0 Å². The van der Waals surface area contributed by atoms with Crippen molar-refractivity contribution in [3.63, 3.8) is 0 Å². The van der Waals surface area contributed by atoms with Crippen molar-refractivity contribution < 1.29 is 14.3 Å². The highest BCUT2D eigenvalue weighted by Crippen LogP contribution is 2.19. The largest absolute Gasteiger partial charge is 0.444 e. The summed E-state index contributed by atoms with van der Waals surface area (Å²) in [5.74, 6) is 0.587. The van der Waals surface area contributed by atoms with Gasteiger partial charge < -0.3 is 21.1 Å². The summed E-state index contributed by atoms with van der Waals surface area (Å²) in [7, 11) is 0. The minimum Gasteiger partial charge on any atom is -0.444 e. The van der Waals surface area contributed by atoms with Gasteiger partial charge in [-0.3, -0.25) is 4.79 Å². The van der Waals surface area contributed by atoms with E-state index in [1.807, 2.05) is 0 Å². The second-order valence-corrected chi connectivity index (χ2v) is 7.62. The maximum atomic E-state index is 11.7. The van der Waals surface area contributed by atoms with Crippen LogP contribution in [0.3, 0.4) is 0 Å². The molecule has 0 bridgehead atoms. The Morgan fingerprint density at radius 3 is 2.60 bits per heavy atom. The fraction of sp³-hybridized carbons (Fsp3) is 0.600. The monoisotopic (exact) mass is 389 g/mol. The number of rotatable bonds is 8. The third kappa shape index (κ3) is 10.7. The lowest BCUT2D eigenvalue weighted by atomic mass is 10.2. The van der Waals surface area contributed by atoms with Crippen LogP contribution in [0.2, 0.25) is 5.15 Å². The highest BCUT2D eigenvalue weighted by molar-refractivity contribution is 7.99. The van der Waals surface area contributed by atoms with Gasteiger partial charge >= 0.3 is 6.09 Å². The molecule has 0 aliphatic carbocycles. The van der Waals surface area contributed by atoms with Crippen LogP contribution in [-0.2, 0) is 9.53 Å². The van der Waals surface area contributed by atoms with Crippen LogP contribution in [0.5, 0.6) is 0 Å². The van der Waals surface area contributed by atoms with Gasteiger partial charge in [0.2, 0.25) is 11.9 Å². The summed E-state index contributed by atoms with van der Waals surface area (Å²) in [6, 6.07) is 1.60. The lowest BCUT2D eigenvalue weighted by molar-refractivity contribution is -0.120. The summed E-state index contributed by atoms with van der Waals surface area (Å²) in [6.45, 7) is 6.31. The first-order valence-electron chi connectivity index (χ1n) is 7.82. The van der Waals surface area contributed by atoms with Crippen LogP contribution in [-0.4, -0.2) is 46.4 Å². The third-order valence-corrected chi connectivity index (χ3v) is 3.72. The predicted molar refractivity (Wildman–Crippen MR) is 98.7 cm³/mol. The molecule has 0 saturated heterocycles. The SMILES string of the molecule is CC(C)(C)OC(=O)NCCCNC(=O)CCSc1cc(Cl)nc(N)n1. The van der Waals surface area contributed by atoms with Gasteiger partial charge in [-0.05, 0) is 27.2 Å². The summed E-state index contributed by atoms with van der Waals surface area (Å²) in [6.07, 6.45) is 0.500. The van der Waals surface area contributed by atoms with E-state index in [2.05, 4.69) is 20.6 Å². The number of aromatic nitrogens is 2. The Morgan fingerprint density at radius 2 is 1.96 bits per heavy atom. The molecule has 25 heavy (non-hydrogen) atoms. The van der Waals surface area contributed by atoms with E-state index >= 15 is 0 Å². The Morgan fingerprint density at radius 1 is 1.28 bits per heavy atom. The Hall–Kier alpha value is -1.74. The normalized spacial score (nSPS) is 11.0. The fourth-order valence-electron chi connectivity index (χ4n) is 1.65. The first-order chi connectivity index (χ1) is 11.7. The van der Waals surface area contributed by atoms with E-state index in [-0.39, 0.29) is 17.0 Å². The minimum absolute atomic E-state index is 0.0714. The Bertz CT molecular complexity index is 575. The molecule has 0 spiro atoms. The molecule has 10 heteroatoms. The van der Waals surface area contributed by atoms with Crippen LogP contribution in [0.15, 0.2) is 11.1 Å². The molecule has 4 N–H and O–H groups in total. The van der Waals surface area contributed by atoms with E-state index in [1.54, 1.807) is 26.8 Å². The van der Waals surface area contributed by atoms with Gasteiger partial charge in [0.15, 0.2) is 0 Å². The number of nitrogens with two attached hydrogens (primary N) is 1. The zero-order valence-electron chi connectivity index (χ0n) is 14.6. The average molecular weight is 390 g/mol. The molecular formula is C15H24ClN5O3S.